The number of benzene rings is 1. The molecule has 1 amide bonds. The number of ether oxygens (including phenoxy) is 1. The fraction of sp³-hybridized carbons (Fsp3) is 0.556. The van der Waals surface area contributed by atoms with Crippen LogP contribution in [0.3, 0.4) is 0 Å². The third-order valence-electron chi connectivity index (χ3n) is 6.26. The van der Waals surface area contributed by atoms with Gasteiger partial charge in [-0.2, -0.15) is 0 Å². The van der Waals surface area contributed by atoms with Crippen molar-refractivity contribution in [2.75, 3.05) is 16.8 Å². The Morgan fingerprint density at radius 1 is 1.24 bits per heavy atom. The van der Waals surface area contributed by atoms with Gasteiger partial charge in [0.25, 0.3) is 6.47 Å². The van der Waals surface area contributed by atoms with Gasteiger partial charge in [-0.1, -0.05) is 46.1 Å². The van der Waals surface area contributed by atoms with Crippen LogP contribution >= 0.6 is 0 Å². The number of rotatable bonds is 11. The Morgan fingerprint density at radius 2 is 2.00 bits per heavy atom. The second-order valence-electron chi connectivity index (χ2n) is 9.56. The summed E-state index contributed by atoms with van der Waals surface area (Å²) in [6.07, 6.45) is 8.25. The molecule has 1 aliphatic carbocycles. The molecule has 1 heterocycles. The lowest BCUT2D eigenvalue weighted by molar-refractivity contribution is -0.134. The SMILES string of the molecule is CCC(OC=O)c1ccc(N(CC(C)C)C2CCCCC2)c(NC(=O)Cc2cc(C)co2)c1. The van der Waals surface area contributed by atoms with Gasteiger partial charge >= 0.3 is 0 Å². The van der Waals surface area contributed by atoms with Gasteiger partial charge in [0.05, 0.1) is 24.1 Å². The lowest BCUT2D eigenvalue weighted by atomic mass is 9.92. The van der Waals surface area contributed by atoms with Gasteiger partial charge in [-0.05, 0) is 61.4 Å². The predicted octanol–water partition coefficient (Wildman–Crippen LogP) is 6.19. The van der Waals surface area contributed by atoms with Gasteiger partial charge in [-0.25, -0.2) is 0 Å². The molecule has 1 saturated carbocycles. The fourth-order valence-corrected chi connectivity index (χ4v) is 4.75. The van der Waals surface area contributed by atoms with Crippen LogP contribution in [-0.4, -0.2) is 25.0 Å². The number of carbonyl (C=O) groups excluding carboxylic acids is 2. The molecule has 0 aliphatic heterocycles. The summed E-state index contributed by atoms with van der Waals surface area (Å²) in [5.74, 6) is 1.01. The first-order chi connectivity index (χ1) is 15.9. The first-order valence-corrected chi connectivity index (χ1v) is 12.2. The minimum atomic E-state index is -0.340. The molecule has 180 valence electrons. The molecule has 0 radical (unpaired) electrons. The molecule has 33 heavy (non-hydrogen) atoms. The van der Waals surface area contributed by atoms with Crippen molar-refractivity contribution >= 4 is 23.8 Å². The topological polar surface area (TPSA) is 71.8 Å². The summed E-state index contributed by atoms with van der Waals surface area (Å²) in [5.41, 5.74) is 3.67. The van der Waals surface area contributed by atoms with Crippen molar-refractivity contribution < 1.29 is 18.7 Å². The Bertz CT molecular complexity index is 915. The van der Waals surface area contributed by atoms with E-state index in [1.54, 1.807) is 6.26 Å². The second kappa shape index (κ2) is 11.9. The number of amides is 1. The van der Waals surface area contributed by atoms with Crippen LogP contribution in [-0.2, 0) is 20.7 Å². The van der Waals surface area contributed by atoms with Gasteiger partial charge in [-0.3, -0.25) is 9.59 Å². The van der Waals surface area contributed by atoms with Crippen molar-refractivity contribution in [3.63, 3.8) is 0 Å². The first-order valence-electron chi connectivity index (χ1n) is 12.2. The smallest absolute Gasteiger partial charge is 0.293 e. The Balaban J connectivity index is 1.95. The number of anilines is 2. The summed E-state index contributed by atoms with van der Waals surface area (Å²) in [5, 5.41) is 3.14. The largest absolute Gasteiger partial charge is 0.469 e. The van der Waals surface area contributed by atoms with Crippen LogP contribution in [0.25, 0.3) is 0 Å². The zero-order chi connectivity index (χ0) is 23.8. The Morgan fingerprint density at radius 3 is 2.61 bits per heavy atom. The molecule has 6 nitrogen and oxygen atoms in total. The molecule has 1 fully saturated rings. The van der Waals surface area contributed by atoms with Crippen molar-refractivity contribution in [2.24, 2.45) is 5.92 Å². The lowest BCUT2D eigenvalue weighted by Crippen LogP contribution is -2.40. The zero-order valence-corrected chi connectivity index (χ0v) is 20.4. The molecule has 1 atom stereocenters. The van der Waals surface area contributed by atoms with E-state index in [1.807, 2.05) is 32.0 Å². The van der Waals surface area contributed by atoms with Gasteiger partial charge in [0.15, 0.2) is 0 Å². The summed E-state index contributed by atoms with van der Waals surface area (Å²) in [4.78, 5) is 26.4. The highest BCUT2D eigenvalue weighted by Gasteiger charge is 2.25. The minimum Gasteiger partial charge on any atom is -0.469 e. The summed E-state index contributed by atoms with van der Waals surface area (Å²) in [6.45, 7) is 9.80. The number of aryl methyl sites for hydroxylation is 1. The maximum Gasteiger partial charge on any atom is 0.293 e. The molecule has 0 spiro atoms. The van der Waals surface area contributed by atoms with Crippen molar-refractivity contribution in [3.05, 3.63) is 47.4 Å². The van der Waals surface area contributed by atoms with Crippen molar-refractivity contribution in [1.29, 1.82) is 0 Å². The number of nitrogens with one attached hydrogen (secondary N) is 1. The van der Waals surface area contributed by atoms with Crippen LogP contribution < -0.4 is 10.2 Å². The normalized spacial score (nSPS) is 15.3. The molecule has 0 saturated heterocycles. The third kappa shape index (κ3) is 6.86. The molecular weight excluding hydrogens is 416 g/mol. The monoisotopic (exact) mass is 454 g/mol. The molecule has 6 heteroatoms. The molecule has 1 aromatic carbocycles. The Hall–Kier alpha value is -2.76. The second-order valence-corrected chi connectivity index (χ2v) is 9.56. The van der Waals surface area contributed by atoms with Crippen LogP contribution in [0.4, 0.5) is 11.4 Å². The molecule has 2 aromatic rings. The van der Waals surface area contributed by atoms with Gasteiger partial charge < -0.3 is 19.4 Å². The van der Waals surface area contributed by atoms with Crippen molar-refractivity contribution in [3.8, 4) is 0 Å². The number of nitrogens with zero attached hydrogens (tertiary/aromatic N) is 1. The fourth-order valence-electron chi connectivity index (χ4n) is 4.75. The summed E-state index contributed by atoms with van der Waals surface area (Å²) in [7, 11) is 0. The summed E-state index contributed by atoms with van der Waals surface area (Å²) >= 11 is 0. The molecular formula is C27H38N2O4. The van der Waals surface area contributed by atoms with E-state index in [4.69, 9.17) is 9.15 Å². The summed E-state index contributed by atoms with van der Waals surface area (Å²) < 4.78 is 10.8. The maximum absolute atomic E-state index is 13.0. The highest BCUT2D eigenvalue weighted by Crippen LogP contribution is 2.36. The number of hydrogen-bond donors (Lipinski definition) is 1. The van der Waals surface area contributed by atoms with Crippen molar-refractivity contribution in [2.45, 2.75) is 84.8 Å². The van der Waals surface area contributed by atoms with Gasteiger partial charge in [0, 0.05) is 12.6 Å². The molecule has 1 unspecified atom stereocenters. The van der Waals surface area contributed by atoms with Gasteiger partial charge in [0.1, 0.15) is 11.9 Å². The number of furan rings is 1. The van der Waals surface area contributed by atoms with Crippen LogP contribution in [0, 0.1) is 12.8 Å². The number of carbonyl (C=O) groups is 2. The summed E-state index contributed by atoms with van der Waals surface area (Å²) in [6, 6.07) is 8.41. The molecule has 0 bridgehead atoms. The highest BCUT2D eigenvalue weighted by atomic mass is 16.5. The van der Waals surface area contributed by atoms with Gasteiger partial charge in [0.2, 0.25) is 5.91 Å². The van der Waals surface area contributed by atoms with Crippen LogP contribution in [0.15, 0.2) is 34.9 Å². The first kappa shape index (κ1) is 24.9. The average Bonchev–Trinajstić information content (AvgIpc) is 3.20. The van der Waals surface area contributed by atoms with E-state index in [1.165, 1.54) is 32.1 Å². The van der Waals surface area contributed by atoms with E-state index in [-0.39, 0.29) is 18.4 Å². The van der Waals surface area contributed by atoms with Crippen LogP contribution in [0.1, 0.15) is 82.3 Å². The quantitative estimate of drug-likeness (QED) is 0.410. The molecule has 1 aromatic heterocycles. The lowest BCUT2D eigenvalue weighted by Gasteiger charge is -2.38. The molecule has 3 rings (SSSR count). The molecule has 1 aliphatic rings. The third-order valence-corrected chi connectivity index (χ3v) is 6.26. The van der Waals surface area contributed by atoms with E-state index >= 15 is 0 Å². The predicted molar refractivity (Wildman–Crippen MR) is 131 cm³/mol. The number of hydrogen-bond acceptors (Lipinski definition) is 5. The van der Waals surface area contributed by atoms with E-state index in [9.17, 15) is 9.59 Å². The van der Waals surface area contributed by atoms with Crippen LogP contribution in [0.5, 0.6) is 0 Å². The van der Waals surface area contributed by atoms with Crippen molar-refractivity contribution in [1.82, 2.24) is 0 Å². The van der Waals surface area contributed by atoms with E-state index < -0.39 is 0 Å². The van der Waals surface area contributed by atoms with E-state index in [2.05, 4.69) is 30.1 Å². The Kier molecular flexibility index (Phi) is 8.98. The maximum atomic E-state index is 13.0. The average molecular weight is 455 g/mol. The highest BCUT2D eigenvalue weighted by molar-refractivity contribution is 5.95. The van der Waals surface area contributed by atoms with E-state index in [0.29, 0.717) is 30.6 Å². The molecule has 1 N–H and O–H groups in total. The minimum absolute atomic E-state index is 0.125. The Labute approximate surface area is 197 Å². The van der Waals surface area contributed by atoms with Crippen LogP contribution in [0.2, 0.25) is 0 Å². The zero-order valence-electron chi connectivity index (χ0n) is 20.4. The van der Waals surface area contributed by atoms with Gasteiger partial charge in [-0.15, -0.1) is 0 Å². The standard InChI is InChI=1S/C27H38N2O4/c1-5-26(33-18-30)21-11-12-25(29(16-19(2)3)22-9-7-6-8-10-22)24(14-21)28-27(31)15-23-13-20(4)17-32-23/h11-14,17-19,22,26H,5-10,15-16H2,1-4H3,(H,28,31). The van der Waals surface area contributed by atoms with E-state index in [0.717, 1.165) is 29.0 Å².